The van der Waals surface area contributed by atoms with Crippen LogP contribution in [0.5, 0.6) is 0 Å². The Morgan fingerprint density at radius 2 is 1.94 bits per heavy atom. The quantitative estimate of drug-likeness (QED) is 0.780. The Labute approximate surface area is 97.9 Å². The van der Waals surface area contributed by atoms with Crippen molar-refractivity contribution in [3.05, 3.63) is 47.6 Å². The van der Waals surface area contributed by atoms with Gasteiger partial charge in [-0.25, -0.2) is 0 Å². The van der Waals surface area contributed by atoms with Gasteiger partial charge in [0, 0.05) is 21.7 Å². The van der Waals surface area contributed by atoms with Crippen molar-refractivity contribution >= 4 is 11.6 Å². The third-order valence-corrected chi connectivity index (χ3v) is 2.67. The molecule has 1 rings (SSSR count). The average molecular weight is 215 g/mol. The first-order valence-corrected chi connectivity index (χ1v) is 5.55. The maximum Gasteiger partial charge on any atom is 0.0458 e. The molecule has 0 unspecified atom stereocenters. The van der Waals surface area contributed by atoms with Crippen molar-refractivity contribution in [3.8, 4) is 0 Å². The van der Waals surface area contributed by atoms with Gasteiger partial charge in [0.2, 0.25) is 0 Å². The first-order valence-electron chi connectivity index (χ1n) is 5.55. The molecule has 1 aromatic rings. The van der Waals surface area contributed by atoms with Gasteiger partial charge >= 0.3 is 0 Å². The average Bonchev–Trinajstić information content (AvgIpc) is 2.61. The lowest BCUT2D eigenvalue weighted by atomic mass is 9.92. The number of hydrogen-bond acceptors (Lipinski definition) is 0. The van der Waals surface area contributed by atoms with E-state index in [9.17, 15) is 0 Å². The molecule has 0 aliphatic carbocycles. The van der Waals surface area contributed by atoms with Gasteiger partial charge in [-0.2, -0.15) is 0 Å². The fourth-order valence-electron chi connectivity index (χ4n) is 1.56. The van der Waals surface area contributed by atoms with Crippen LogP contribution in [0.3, 0.4) is 0 Å². The van der Waals surface area contributed by atoms with Crippen molar-refractivity contribution in [1.82, 2.24) is 4.98 Å². The second kappa shape index (κ2) is 4.56. The van der Waals surface area contributed by atoms with Crippen LogP contribution in [0.25, 0.3) is 11.6 Å². The van der Waals surface area contributed by atoms with E-state index >= 15 is 0 Å². The Morgan fingerprint density at radius 3 is 2.38 bits per heavy atom. The molecule has 0 atom stereocenters. The Bertz CT molecular complexity index is 507. The van der Waals surface area contributed by atoms with Gasteiger partial charge in [-0.3, -0.25) is 0 Å². The van der Waals surface area contributed by atoms with Crippen LogP contribution in [0.4, 0.5) is 0 Å². The summed E-state index contributed by atoms with van der Waals surface area (Å²) in [4.78, 5) is 3.44. The van der Waals surface area contributed by atoms with E-state index in [1.807, 2.05) is 12.2 Å². The van der Waals surface area contributed by atoms with Crippen molar-refractivity contribution in [1.29, 1.82) is 0 Å². The van der Waals surface area contributed by atoms with Gasteiger partial charge in [-0.05, 0) is 24.6 Å². The summed E-state index contributed by atoms with van der Waals surface area (Å²) in [6.45, 7) is 16.2. The van der Waals surface area contributed by atoms with Crippen LogP contribution >= 0.6 is 0 Å². The Balaban J connectivity index is 3.64. The molecule has 1 nitrogen and oxygen atoms in total. The molecule has 0 aliphatic heterocycles. The highest BCUT2D eigenvalue weighted by molar-refractivity contribution is 5.54. The number of nitrogens with one attached hydrogen (secondary N) is 1. The predicted octanol–water partition coefficient (Wildman–Crippen LogP) is 2.64. The van der Waals surface area contributed by atoms with Crippen LogP contribution in [0.1, 0.15) is 33.4 Å². The Kier molecular flexibility index (Phi) is 3.58. The van der Waals surface area contributed by atoms with Gasteiger partial charge < -0.3 is 4.98 Å². The van der Waals surface area contributed by atoms with E-state index in [0.717, 1.165) is 5.35 Å². The maximum atomic E-state index is 3.82. The molecule has 1 heterocycles. The fourth-order valence-corrected chi connectivity index (χ4v) is 1.56. The second-order valence-corrected chi connectivity index (χ2v) is 5.05. The van der Waals surface area contributed by atoms with Crippen LogP contribution in [0.15, 0.2) is 31.4 Å². The zero-order valence-corrected chi connectivity index (χ0v) is 10.7. The van der Waals surface area contributed by atoms with Gasteiger partial charge in [0.15, 0.2) is 0 Å². The molecule has 0 aliphatic rings. The Morgan fingerprint density at radius 1 is 1.31 bits per heavy atom. The van der Waals surface area contributed by atoms with Gasteiger partial charge in [0.05, 0.1) is 0 Å². The summed E-state index contributed by atoms with van der Waals surface area (Å²) in [7, 11) is 0. The molecule has 1 heteroatoms. The molecule has 0 aromatic carbocycles. The lowest BCUT2D eigenvalue weighted by molar-refractivity contribution is 0.572. The predicted molar refractivity (Wildman–Crippen MR) is 72.7 cm³/mol. The molecule has 0 saturated heterocycles. The summed E-state index contributed by atoms with van der Waals surface area (Å²) in [6.07, 6.45) is 5.69. The lowest BCUT2D eigenvalue weighted by Gasteiger charge is -2.15. The third-order valence-electron chi connectivity index (χ3n) is 2.67. The van der Waals surface area contributed by atoms with Gasteiger partial charge in [-0.15, -0.1) is 0 Å². The minimum Gasteiger partial charge on any atom is -0.358 e. The highest BCUT2D eigenvalue weighted by atomic mass is 14.7. The molecule has 0 radical (unpaired) electrons. The van der Waals surface area contributed by atoms with Crippen LogP contribution in [0, 0.1) is 0 Å². The van der Waals surface area contributed by atoms with Crippen molar-refractivity contribution in [2.24, 2.45) is 0 Å². The summed E-state index contributed by atoms with van der Waals surface area (Å²) in [5, 5.41) is 2.32. The van der Waals surface area contributed by atoms with Crippen molar-refractivity contribution in [3.63, 3.8) is 0 Å². The van der Waals surface area contributed by atoms with E-state index in [-0.39, 0.29) is 5.41 Å². The standard InChI is InChI=1S/C15H21N/c1-7-9-13-12(11(3)8-2)10-14(16-13)15(4,5)6/h7-10,16H,1-2H2,3-6H3/b12-11-,13-9+. The molecule has 1 aromatic heterocycles. The van der Waals surface area contributed by atoms with E-state index in [4.69, 9.17) is 0 Å². The van der Waals surface area contributed by atoms with Gasteiger partial charge in [0.1, 0.15) is 0 Å². The Hall–Kier alpha value is -1.50. The minimum atomic E-state index is 0.128. The van der Waals surface area contributed by atoms with Crippen LogP contribution in [0.2, 0.25) is 0 Å². The molecule has 0 spiro atoms. The minimum absolute atomic E-state index is 0.128. The summed E-state index contributed by atoms with van der Waals surface area (Å²) >= 11 is 0. The number of aromatic nitrogens is 1. The number of allylic oxidation sites excluding steroid dienone is 2. The summed E-state index contributed by atoms with van der Waals surface area (Å²) in [5.74, 6) is 0. The van der Waals surface area contributed by atoms with Crippen molar-refractivity contribution in [2.75, 3.05) is 0 Å². The van der Waals surface area contributed by atoms with Crippen molar-refractivity contribution in [2.45, 2.75) is 33.1 Å². The van der Waals surface area contributed by atoms with Gasteiger partial charge in [0.25, 0.3) is 0 Å². The molecular weight excluding hydrogens is 194 g/mol. The van der Waals surface area contributed by atoms with Crippen LogP contribution in [-0.2, 0) is 5.41 Å². The summed E-state index contributed by atoms with van der Waals surface area (Å²) in [6, 6.07) is 2.20. The SMILES string of the molecule is C=C/C=c1/[nH]c(C(C)(C)C)c/c1=C(\C)C=C. The molecule has 0 saturated carbocycles. The van der Waals surface area contributed by atoms with Gasteiger partial charge in [-0.1, -0.05) is 46.1 Å². The van der Waals surface area contributed by atoms with E-state index in [2.05, 4.69) is 51.9 Å². The highest BCUT2D eigenvalue weighted by Gasteiger charge is 2.15. The largest absolute Gasteiger partial charge is 0.358 e. The molecule has 1 N–H and O–H groups in total. The maximum absolute atomic E-state index is 3.82. The lowest BCUT2D eigenvalue weighted by Crippen LogP contribution is -2.23. The third kappa shape index (κ3) is 2.54. The summed E-state index contributed by atoms with van der Waals surface area (Å²) in [5.41, 5.74) is 2.54. The smallest absolute Gasteiger partial charge is 0.0458 e. The number of aromatic amines is 1. The van der Waals surface area contributed by atoms with Crippen molar-refractivity contribution < 1.29 is 0 Å². The van der Waals surface area contributed by atoms with E-state index in [1.165, 1.54) is 16.5 Å². The second-order valence-electron chi connectivity index (χ2n) is 5.05. The molecule has 86 valence electrons. The first-order chi connectivity index (χ1) is 7.40. The molecular formula is C15H21N. The normalized spacial score (nSPS) is 14.9. The van der Waals surface area contributed by atoms with Crippen LogP contribution in [-0.4, -0.2) is 4.98 Å². The van der Waals surface area contributed by atoms with E-state index < -0.39 is 0 Å². The summed E-state index contributed by atoms with van der Waals surface area (Å²) < 4.78 is 0. The molecule has 0 fully saturated rings. The zero-order valence-electron chi connectivity index (χ0n) is 10.7. The van der Waals surface area contributed by atoms with E-state index in [0.29, 0.717) is 0 Å². The molecule has 0 amide bonds. The monoisotopic (exact) mass is 215 g/mol. The molecule has 0 bridgehead atoms. The number of rotatable bonds is 2. The fraction of sp³-hybridized carbons (Fsp3) is 0.333. The van der Waals surface area contributed by atoms with E-state index in [1.54, 1.807) is 6.08 Å². The first kappa shape index (κ1) is 12.6. The number of H-pyrrole nitrogens is 1. The zero-order chi connectivity index (χ0) is 12.3. The molecule has 16 heavy (non-hydrogen) atoms. The highest BCUT2D eigenvalue weighted by Crippen LogP contribution is 2.17. The van der Waals surface area contributed by atoms with Crippen LogP contribution < -0.4 is 10.6 Å². The number of hydrogen-bond donors (Lipinski definition) is 1. The topological polar surface area (TPSA) is 15.8 Å².